The Bertz CT molecular complexity index is 1910. The van der Waals surface area contributed by atoms with Gasteiger partial charge in [0.25, 0.3) is 11.7 Å². The van der Waals surface area contributed by atoms with Gasteiger partial charge in [-0.25, -0.2) is 0 Å². The molecule has 3 heterocycles. The number of hydrogen-bond acceptors (Lipinski definition) is 5. The molecular formula is C38H35N5O2. The van der Waals surface area contributed by atoms with Crippen LogP contribution < -0.4 is 15.5 Å². The standard InChI is InChI=1S/C38H35N5O2/c1-27-23-28(2)40-31(24-27)26-39-20-22-42(32-13-7-4-8-14-32)33-18-16-30(17-19-33)41-38(45)37(44)36-35(29-11-5-3-6-12-29)25-34-15-9-10-21-43(34)36/h3-19,21,23-25,39H,20,22,26H2,1-2H3,(H,41,45). The van der Waals surface area contributed by atoms with Crippen molar-refractivity contribution in [1.29, 1.82) is 0 Å². The summed E-state index contributed by atoms with van der Waals surface area (Å²) in [6, 6.07) is 39.2. The number of aryl methyl sites for hydroxylation is 2. The first-order valence-corrected chi connectivity index (χ1v) is 15.0. The van der Waals surface area contributed by atoms with Gasteiger partial charge in [0.2, 0.25) is 0 Å². The molecule has 0 atom stereocenters. The van der Waals surface area contributed by atoms with Crippen molar-refractivity contribution in [2.75, 3.05) is 23.3 Å². The lowest BCUT2D eigenvalue weighted by atomic mass is 10.0. The van der Waals surface area contributed by atoms with Crippen LogP contribution in [0, 0.1) is 13.8 Å². The van der Waals surface area contributed by atoms with E-state index in [1.165, 1.54) is 5.56 Å². The second-order valence-corrected chi connectivity index (χ2v) is 11.0. The van der Waals surface area contributed by atoms with Crippen molar-refractivity contribution >= 4 is 34.3 Å². The molecule has 0 aliphatic carbocycles. The number of nitrogens with zero attached hydrogens (tertiary/aromatic N) is 3. The smallest absolute Gasteiger partial charge is 0.298 e. The lowest BCUT2D eigenvalue weighted by Gasteiger charge is -2.25. The Morgan fingerprint density at radius 3 is 2.20 bits per heavy atom. The van der Waals surface area contributed by atoms with Crippen LogP contribution in [0.3, 0.4) is 0 Å². The van der Waals surface area contributed by atoms with Crippen molar-refractivity contribution in [3.8, 4) is 11.1 Å². The number of fused-ring (bicyclic) bond motifs is 1. The van der Waals surface area contributed by atoms with Gasteiger partial charge in [-0.1, -0.05) is 54.6 Å². The van der Waals surface area contributed by atoms with Crippen LogP contribution in [0.15, 0.2) is 128 Å². The van der Waals surface area contributed by atoms with Crippen LogP contribution in [0.2, 0.25) is 0 Å². The van der Waals surface area contributed by atoms with Crippen LogP contribution in [-0.2, 0) is 11.3 Å². The lowest BCUT2D eigenvalue weighted by molar-refractivity contribution is -0.112. The highest BCUT2D eigenvalue weighted by atomic mass is 16.2. The molecule has 3 aromatic carbocycles. The van der Waals surface area contributed by atoms with Crippen LogP contribution in [-0.4, -0.2) is 34.2 Å². The van der Waals surface area contributed by atoms with Gasteiger partial charge in [-0.3, -0.25) is 14.6 Å². The third-order valence-electron chi connectivity index (χ3n) is 7.66. The minimum atomic E-state index is -0.687. The van der Waals surface area contributed by atoms with Gasteiger partial charge < -0.3 is 19.9 Å². The normalized spacial score (nSPS) is 11.0. The van der Waals surface area contributed by atoms with Crippen molar-refractivity contribution in [2.24, 2.45) is 0 Å². The molecule has 7 heteroatoms. The van der Waals surface area contributed by atoms with Gasteiger partial charge >= 0.3 is 0 Å². The van der Waals surface area contributed by atoms with Gasteiger partial charge in [0.15, 0.2) is 0 Å². The summed E-state index contributed by atoms with van der Waals surface area (Å²) in [5, 5.41) is 6.34. The maximum absolute atomic E-state index is 13.6. The number of aromatic nitrogens is 2. The van der Waals surface area contributed by atoms with Gasteiger partial charge in [-0.2, -0.15) is 0 Å². The summed E-state index contributed by atoms with van der Waals surface area (Å²) in [5.41, 5.74) is 8.61. The maximum atomic E-state index is 13.6. The second kappa shape index (κ2) is 13.4. The summed E-state index contributed by atoms with van der Waals surface area (Å²) in [6.45, 7) is 6.25. The third kappa shape index (κ3) is 6.84. The molecule has 224 valence electrons. The SMILES string of the molecule is Cc1cc(C)nc(CNCCN(c2ccccc2)c2ccc(NC(=O)C(=O)c3c(-c4ccccc4)cc4ccccn34)cc2)c1. The van der Waals surface area contributed by atoms with E-state index in [4.69, 9.17) is 0 Å². The van der Waals surface area contributed by atoms with Gasteiger partial charge in [-0.05, 0) is 91.7 Å². The number of Topliss-reactive ketones (excluding diaryl/α,β-unsaturated/α-hetero) is 1. The topological polar surface area (TPSA) is 78.7 Å². The number of pyridine rings is 2. The molecule has 6 aromatic rings. The number of rotatable bonds is 11. The number of nitrogens with one attached hydrogen (secondary N) is 2. The van der Waals surface area contributed by atoms with E-state index in [2.05, 4.69) is 51.7 Å². The number of carbonyl (C=O) groups excluding carboxylic acids is 2. The van der Waals surface area contributed by atoms with Crippen molar-refractivity contribution < 1.29 is 9.59 Å². The van der Waals surface area contributed by atoms with Crippen molar-refractivity contribution in [1.82, 2.24) is 14.7 Å². The zero-order chi connectivity index (χ0) is 31.2. The number of ketones is 1. The quantitative estimate of drug-likeness (QED) is 0.0932. The molecule has 0 aliphatic heterocycles. The van der Waals surface area contributed by atoms with Gasteiger partial charge in [0.05, 0.1) is 5.69 Å². The summed E-state index contributed by atoms with van der Waals surface area (Å²) >= 11 is 0. The Labute approximate surface area is 263 Å². The fraction of sp³-hybridized carbons (Fsp3) is 0.132. The van der Waals surface area contributed by atoms with E-state index in [9.17, 15) is 9.59 Å². The number of carbonyl (C=O) groups is 2. The molecule has 0 unspecified atom stereocenters. The summed E-state index contributed by atoms with van der Waals surface area (Å²) in [5.74, 6) is -1.28. The average Bonchev–Trinajstić information content (AvgIpc) is 3.45. The zero-order valence-electron chi connectivity index (χ0n) is 25.4. The second-order valence-electron chi connectivity index (χ2n) is 11.0. The number of para-hydroxylation sites is 1. The number of benzene rings is 3. The van der Waals surface area contributed by atoms with Crippen LogP contribution in [0.25, 0.3) is 16.6 Å². The summed E-state index contributed by atoms with van der Waals surface area (Å²) in [6.07, 6.45) is 1.81. The minimum absolute atomic E-state index is 0.338. The molecule has 0 aliphatic rings. The number of anilines is 3. The van der Waals surface area contributed by atoms with Crippen LogP contribution in [0.4, 0.5) is 17.1 Å². The maximum Gasteiger partial charge on any atom is 0.298 e. The highest BCUT2D eigenvalue weighted by Gasteiger charge is 2.25. The highest BCUT2D eigenvalue weighted by molar-refractivity contribution is 6.47. The lowest BCUT2D eigenvalue weighted by Crippen LogP contribution is -2.29. The zero-order valence-corrected chi connectivity index (χ0v) is 25.4. The van der Waals surface area contributed by atoms with Crippen molar-refractivity contribution in [2.45, 2.75) is 20.4 Å². The molecule has 1 amide bonds. The monoisotopic (exact) mass is 593 g/mol. The Kier molecular flexibility index (Phi) is 8.80. The minimum Gasteiger partial charge on any atom is -0.340 e. The largest absolute Gasteiger partial charge is 0.340 e. The fourth-order valence-corrected chi connectivity index (χ4v) is 5.65. The average molecular weight is 594 g/mol. The first kappa shape index (κ1) is 29.5. The Hall–Kier alpha value is -5.53. The van der Waals surface area contributed by atoms with E-state index in [1.807, 2.05) is 110 Å². The highest BCUT2D eigenvalue weighted by Crippen LogP contribution is 2.29. The summed E-state index contributed by atoms with van der Waals surface area (Å²) in [4.78, 5) is 33.8. The van der Waals surface area contributed by atoms with Gasteiger partial charge in [0, 0.05) is 59.7 Å². The van der Waals surface area contributed by atoms with Crippen molar-refractivity contribution in [3.05, 3.63) is 150 Å². The molecule has 0 fully saturated rings. The molecule has 3 aromatic heterocycles. The molecule has 7 nitrogen and oxygen atoms in total. The summed E-state index contributed by atoms with van der Waals surface area (Å²) in [7, 11) is 0. The van der Waals surface area contributed by atoms with E-state index < -0.39 is 11.7 Å². The van der Waals surface area contributed by atoms with Crippen LogP contribution in [0.1, 0.15) is 27.4 Å². The molecule has 0 radical (unpaired) electrons. The van der Waals surface area contributed by atoms with Gasteiger partial charge in [-0.15, -0.1) is 0 Å². The summed E-state index contributed by atoms with van der Waals surface area (Å²) < 4.78 is 1.77. The van der Waals surface area contributed by atoms with E-state index in [1.54, 1.807) is 4.40 Å². The first-order chi connectivity index (χ1) is 22.0. The Morgan fingerprint density at radius 2 is 1.47 bits per heavy atom. The number of amides is 1. The Morgan fingerprint density at radius 1 is 0.778 bits per heavy atom. The van der Waals surface area contributed by atoms with E-state index >= 15 is 0 Å². The Balaban J connectivity index is 1.17. The molecular weight excluding hydrogens is 558 g/mol. The van der Waals surface area contributed by atoms with E-state index in [0.717, 1.165) is 52.5 Å². The number of hydrogen-bond donors (Lipinski definition) is 2. The molecule has 45 heavy (non-hydrogen) atoms. The predicted molar refractivity (Wildman–Crippen MR) is 181 cm³/mol. The van der Waals surface area contributed by atoms with E-state index in [0.29, 0.717) is 17.9 Å². The van der Waals surface area contributed by atoms with Crippen molar-refractivity contribution in [3.63, 3.8) is 0 Å². The van der Waals surface area contributed by atoms with Crippen LogP contribution in [0.5, 0.6) is 0 Å². The molecule has 2 N–H and O–H groups in total. The third-order valence-corrected chi connectivity index (χ3v) is 7.66. The van der Waals surface area contributed by atoms with Gasteiger partial charge in [0.1, 0.15) is 5.69 Å². The molecule has 0 spiro atoms. The molecule has 0 saturated carbocycles. The molecule has 0 saturated heterocycles. The molecule has 6 rings (SSSR count). The van der Waals surface area contributed by atoms with E-state index in [-0.39, 0.29) is 0 Å². The molecule has 0 bridgehead atoms. The fourth-order valence-electron chi connectivity index (χ4n) is 5.65. The van der Waals surface area contributed by atoms with Crippen LogP contribution >= 0.6 is 0 Å². The first-order valence-electron chi connectivity index (χ1n) is 15.0. The predicted octanol–water partition coefficient (Wildman–Crippen LogP) is 7.37.